The Labute approximate surface area is 120 Å². The Morgan fingerprint density at radius 2 is 1.35 bits per heavy atom. The summed E-state index contributed by atoms with van der Waals surface area (Å²) in [6.45, 7) is 1.50. The van der Waals surface area contributed by atoms with Gasteiger partial charge in [-0.05, 0) is 25.7 Å². The third-order valence-corrected chi connectivity index (χ3v) is 4.61. The van der Waals surface area contributed by atoms with E-state index in [1.54, 1.807) is 4.90 Å². The Kier molecular flexibility index (Phi) is 5.26. The fraction of sp³-hybridized carbons (Fsp3) is 0.867. The zero-order chi connectivity index (χ0) is 14.4. The summed E-state index contributed by atoms with van der Waals surface area (Å²) in [6.07, 6.45) is 9.55. The maximum absolute atomic E-state index is 12.4. The summed E-state index contributed by atoms with van der Waals surface area (Å²) in [5.74, 6) is -0.877. The van der Waals surface area contributed by atoms with Crippen molar-refractivity contribution in [1.82, 2.24) is 10.2 Å². The van der Waals surface area contributed by atoms with Gasteiger partial charge in [0.2, 0.25) is 0 Å². The van der Waals surface area contributed by atoms with Crippen molar-refractivity contribution in [2.24, 2.45) is 0 Å². The smallest absolute Gasteiger partial charge is 0.329 e. The number of hydrogen-bond acceptors (Lipinski definition) is 2. The molecule has 0 aromatic heterocycles. The van der Waals surface area contributed by atoms with E-state index in [9.17, 15) is 14.7 Å². The first kappa shape index (κ1) is 15.1. The second-order valence-corrected chi connectivity index (χ2v) is 6.13. The number of nitrogens with one attached hydrogen (secondary N) is 1. The molecule has 0 bridgehead atoms. The van der Waals surface area contributed by atoms with Gasteiger partial charge in [-0.15, -0.1) is 0 Å². The van der Waals surface area contributed by atoms with Gasteiger partial charge in [-0.1, -0.05) is 38.5 Å². The summed E-state index contributed by atoms with van der Waals surface area (Å²) in [7, 11) is 0. The average Bonchev–Trinajstić information content (AvgIpc) is 2.39. The minimum Gasteiger partial charge on any atom is -0.480 e. The van der Waals surface area contributed by atoms with Crippen molar-refractivity contribution in [3.8, 4) is 0 Å². The number of likely N-dealkylation sites (tertiary alicyclic amines) is 1. The van der Waals surface area contributed by atoms with E-state index in [1.807, 2.05) is 0 Å². The molecular formula is C15H26N2O3. The highest BCUT2D eigenvalue weighted by molar-refractivity contribution is 5.86. The highest BCUT2D eigenvalue weighted by Gasteiger charge is 2.41. The molecule has 20 heavy (non-hydrogen) atoms. The van der Waals surface area contributed by atoms with Gasteiger partial charge in [-0.2, -0.15) is 0 Å². The summed E-state index contributed by atoms with van der Waals surface area (Å²) in [4.78, 5) is 25.8. The number of carbonyl (C=O) groups is 2. The van der Waals surface area contributed by atoms with Gasteiger partial charge in [0.1, 0.15) is 5.54 Å². The van der Waals surface area contributed by atoms with Crippen LogP contribution >= 0.6 is 0 Å². The van der Waals surface area contributed by atoms with E-state index in [-0.39, 0.29) is 6.03 Å². The quantitative estimate of drug-likeness (QED) is 0.818. The molecule has 5 nitrogen and oxygen atoms in total. The summed E-state index contributed by atoms with van der Waals surface area (Å²) in [5.41, 5.74) is -1.03. The van der Waals surface area contributed by atoms with Gasteiger partial charge in [0.15, 0.2) is 0 Å². The molecule has 2 aliphatic rings. The number of urea groups is 1. The lowest BCUT2D eigenvalue weighted by atomic mass is 9.82. The number of amides is 2. The Balaban J connectivity index is 1.98. The van der Waals surface area contributed by atoms with Crippen LogP contribution in [0.15, 0.2) is 0 Å². The second kappa shape index (κ2) is 6.95. The lowest BCUT2D eigenvalue weighted by Gasteiger charge is -2.36. The SMILES string of the molecule is O=C(NC1(C(=O)O)CCCCC1)N1CCCCCCC1. The maximum Gasteiger partial charge on any atom is 0.329 e. The lowest BCUT2D eigenvalue weighted by Crippen LogP contribution is -2.59. The van der Waals surface area contributed by atoms with Gasteiger partial charge in [0.05, 0.1) is 0 Å². The number of carboxylic acid groups (broad SMARTS) is 1. The van der Waals surface area contributed by atoms with Gasteiger partial charge < -0.3 is 15.3 Å². The molecule has 1 saturated heterocycles. The zero-order valence-corrected chi connectivity index (χ0v) is 12.2. The first-order valence-electron chi connectivity index (χ1n) is 7.95. The van der Waals surface area contributed by atoms with Gasteiger partial charge >= 0.3 is 12.0 Å². The molecule has 0 aromatic carbocycles. The number of carboxylic acids is 1. The van der Waals surface area contributed by atoms with Crippen LogP contribution in [0.3, 0.4) is 0 Å². The molecule has 1 saturated carbocycles. The van der Waals surface area contributed by atoms with Gasteiger partial charge in [-0.3, -0.25) is 0 Å². The molecule has 1 heterocycles. The van der Waals surface area contributed by atoms with Crippen molar-refractivity contribution < 1.29 is 14.7 Å². The molecule has 2 fully saturated rings. The molecule has 0 radical (unpaired) electrons. The number of nitrogens with zero attached hydrogens (tertiary/aromatic N) is 1. The minimum atomic E-state index is -1.03. The lowest BCUT2D eigenvalue weighted by molar-refractivity contribution is -0.146. The van der Waals surface area contributed by atoms with Gasteiger partial charge in [0.25, 0.3) is 0 Å². The van der Waals surface area contributed by atoms with E-state index < -0.39 is 11.5 Å². The number of aliphatic carboxylic acids is 1. The summed E-state index contributed by atoms with van der Waals surface area (Å²) in [5, 5.41) is 12.3. The van der Waals surface area contributed by atoms with Crippen LogP contribution in [-0.4, -0.2) is 40.6 Å². The standard InChI is InChI=1S/C15H26N2O3/c18-13(19)15(9-5-4-6-10-15)16-14(20)17-11-7-2-1-3-8-12-17/h1-12H2,(H,16,20)(H,18,19). The Hall–Kier alpha value is -1.26. The third kappa shape index (κ3) is 3.64. The monoisotopic (exact) mass is 282 g/mol. The summed E-state index contributed by atoms with van der Waals surface area (Å²) >= 11 is 0. The minimum absolute atomic E-state index is 0.184. The predicted molar refractivity (Wildman–Crippen MR) is 76.6 cm³/mol. The van der Waals surface area contributed by atoms with Crippen LogP contribution < -0.4 is 5.32 Å². The molecule has 0 atom stereocenters. The first-order valence-corrected chi connectivity index (χ1v) is 7.95. The molecule has 1 aliphatic heterocycles. The van der Waals surface area contributed by atoms with Crippen molar-refractivity contribution in [3.05, 3.63) is 0 Å². The van der Waals surface area contributed by atoms with Crippen LogP contribution in [0.4, 0.5) is 4.79 Å². The summed E-state index contributed by atoms with van der Waals surface area (Å²) < 4.78 is 0. The second-order valence-electron chi connectivity index (χ2n) is 6.13. The van der Waals surface area contributed by atoms with Crippen molar-refractivity contribution in [2.45, 2.75) is 69.7 Å². The van der Waals surface area contributed by atoms with E-state index in [2.05, 4.69) is 5.32 Å². The van der Waals surface area contributed by atoms with E-state index >= 15 is 0 Å². The van der Waals surface area contributed by atoms with Crippen LogP contribution in [0.1, 0.15) is 64.2 Å². The number of hydrogen-bond donors (Lipinski definition) is 2. The maximum atomic E-state index is 12.4. The molecule has 2 amide bonds. The summed E-state index contributed by atoms with van der Waals surface area (Å²) in [6, 6.07) is -0.184. The number of rotatable bonds is 2. The highest BCUT2D eigenvalue weighted by Crippen LogP contribution is 2.28. The fourth-order valence-corrected chi connectivity index (χ4v) is 3.28. The van der Waals surface area contributed by atoms with Gasteiger partial charge in [0, 0.05) is 13.1 Å². The van der Waals surface area contributed by atoms with E-state index in [0.29, 0.717) is 12.8 Å². The molecule has 5 heteroatoms. The Morgan fingerprint density at radius 3 is 1.90 bits per heavy atom. The first-order chi connectivity index (χ1) is 9.64. The van der Waals surface area contributed by atoms with Crippen LogP contribution in [0.2, 0.25) is 0 Å². The van der Waals surface area contributed by atoms with Crippen LogP contribution in [0.25, 0.3) is 0 Å². The molecule has 0 spiro atoms. The van der Waals surface area contributed by atoms with Crippen LogP contribution in [-0.2, 0) is 4.79 Å². The van der Waals surface area contributed by atoms with E-state index in [0.717, 1.165) is 58.0 Å². The normalized spacial score (nSPS) is 23.5. The molecular weight excluding hydrogens is 256 g/mol. The topological polar surface area (TPSA) is 69.6 Å². The molecule has 2 N–H and O–H groups in total. The molecule has 0 unspecified atom stereocenters. The molecule has 0 aromatic rings. The van der Waals surface area contributed by atoms with Crippen LogP contribution in [0.5, 0.6) is 0 Å². The average molecular weight is 282 g/mol. The van der Waals surface area contributed by atoms with Gasteiger partial charge in [-0.25, -0.2) is 9.59 Å². The van der Waals surface area contributed by atoms with Crippen LogP contribution in [0, 0.1) is 0 Å². The van der Waals surface area contributed by atoms with Crippen molar-refractivity contribution in [1.29, 1.82) is 0 Å². The third-order valence-electron chi connectivity index (χ3n) is 4.61. The van der Waals surface area contributed by atoms with Crippen molar-refractivity contribution in [2.75, 3.05) is 13.1 Å². The predicted octanol–water partition coefficient (Wildman–Crippen LogP) is 2.75. The molecule has 2 rings (SSSR count). The van der Waals surface area contributed by atoms with Crippen molar-refractivity contribution in [3.63, 3.8) is 0 Å². The number of carbonyl (C=O) groups excluding carboxylic acids is 1. The van der Waals surface area contributed by atoms with Crippen molar-refractivity contribution >= 4 is 12.0 Å². The highest BCUT2D eigenvalue weighted by atomic mass is 16.4. The molecule has 114 valence electrons. The molecule has 1 aliphatic carbocycles. The largest absolute Gasteiger partial charge is 0.480 e. The van der Waals surface area contributed by atoms with E-state index in [1.165, 1.54) is 6.42 Å². The van der Waals surface area contributed by atoms with E-state index in [4.69, 9.17) is 0 Å². The fourth-order valence-electron chi connectivity index (χ4n) is 3.28. The zero-order valence-electron chi connectivity index (χ0n) is 12.2. The Bertz CT molecular complexity index is 343. The Morgan fingerprint density at radius 1 is 0.850 bits per heavy atom.